The molecule has 1 aromatic heterocycles. The van der Waals surface area contributed by atoms with Crippen molar-refractivity contribution in [2.45, 2.75) is 26.3 Å². The molecule has 1 atom stereocenters. The minimum absolute atomic E-state index is 0.132. The molecule has 5 N–H and O–H groups in total. The van der Waals surface area contributed by atoms with E-state index in [0.29, 0.717) is 24.8 Å². The number of carbonyl (C=O) groups excluding carboxylic acids is 1. The summed E-state index contributed by atoms with van der Waals surface area (Å²) in [6.45, 7) is 5.55. The summed E-state index contributed by atoms with van der Waals surface area (Å²) in [5.41, 5.74) is 5.66. The van der Waals surface area contributed by atoms with E-state index in [9.17, 15) is 4.79 Å². The summed E-state index contributed by atoms with van der Waals surface area (Å²) < 4.78 is 4.88. The van der Waals surface area contributed by atoms with E-state index in [-0.39, 0.29) is 11.9 Å². The number of methoxy groups -OCH3 is 1. The van der Waals surface area contributed by atoms with E-state index >= 15 is 0 Å². The Hall–Kier alpha value is -2.09. The van der Waals surface area contributed by atoms with E-state index in [1.807, 2.05) is 0 Å². The molecule has 21 heavy (non-hydrogen) atoms. The fraction of sp³-hybridized carbons (Fsp3) is 0.615. The average molecular weight is 296 g/mol. The molecule has 1 unspecified atom stereocenters. The van der Waals surface area contributed by atoms with Gasteiger partial charge in [-0.1, -0.05) is 6.92 Å². The molecule has 0 aliphatic rings. The van der Waals surface area contributed by atoms with Crippen LogP contribution in [0, 0.1) is 0 Å². The Labute approximate surface area is 124 Å². The molecule has 1 rings (SSSR count). The Morgan fingerprint density at radius 3 is 2.76 bits per heavy atom. The molecule has 0 aliphatic heterocycles. The van der Waals surface area contributed by atoms with Crippen molar-refractivity contribution in [3.8, 4) is 0 Å². The van der Waals surface area contributed by atoms with Crippen molar-refractivity contribution >= 4 is 23.5 Å². The summed E-state index contributed by atoms with van der Waals surface area (Å²) in [6, 6.07) is 1.29. The van der Waals surface area contributed by atoms with Crippen LogP contribution in [0.1, 0.15) is 20.3 Å². The third kappa shape index (κ3) is 6.26. The van der Waals surface area contributed by atoms with Crippen LogP contribution in [-0.2, 0) is 9.53 Å². The van der Waals surface area contributed by atoms with Gasteiger partial charge in [0.2, 0.25) is 11.9 Å². The molecule has 8 heteroatoms. The molecule has 0 aliphatic carbocycles. The topological polar surface area (TPSA) is 114 Å². The van der Waals surface area contributed by atoms with E-state index in [1.54, 1.807) is 20.1 Å². The maximum atomic E-state index is 11.8. The minimum Gasteiger partial charge on any atom is -0.383 e. The summed E-state index contributed by atoms with van der Waals surface area (Å²) in [5.74, 6) is 1.17. The Balaban J connectivity index is 2.60. The van der Waals surface area contributed by atoms with Gasteiger partial charge in [-0.3, -0.25) is 4.79 Å². The summed E-state index contributed by atoms with van der Waals surface area (Å²) in [6.07, 6.45) is 0.977. The molecule has 118 valence electrons. The van der Waals surface area contributed by atoms with Crippen molar-refractivity contribution in [2.24, 2.45) is 0 Å². The van der Waals surface area contributed by atoms with Crippen molar-refractivity contribution in [2.75, 3.05) is 43.2 Å². The molecule has 0 bridgehead atoms. The van der Waals surface area contributed by atoms with E-state index < -0.39 is 6.04 Å². The van der Waals surface area contributed by atoms with Crippen LogP contribution in [0.25, 0.3) is 0 Å². The first kappa shape index (κ1) is 17.0. The average Bonchev–Trinajstić information content (AvgIpc) is 2.44. The fourth-order valence-corrected chi connectivity index (χ4v) is 1.60. The second kappa shape index (κ2) is 8.96. The number of nitrogens with zero attached hydrogens (tertiary/aromatic N) is 2. The standard InChI is InChI=1S/C13H24N6O2/c1-4-5-15-10-8-11(19-13(14)18-10)17-9(2)12(20)16-6-7-21-3/h8-9H,4-7H2,1-3H3,(H,16,20)(H4,14,15,17,18,19). The minimum atomic E-state index is -0.435. The Bertz CT molecular complexity index is 454. The molecule has 0 saturated carbocycles. The number of hydrogen-bond acceptors (Lipinski definition) is 7. The SMILES string of the molecule is CCCNc1cc(NC(C)C(=O)NCCOC)nc(N)n1. The lowest BCUT2D eigenvalue weighted by molar-refractivity contribution is -0.121. The van der Waals surface area contributed by atoms with E-state index in [4.69, 9.17) is 10.5 Å². The number of nitrogens with one attached hydrogen (secondary N) is 3. The highest BCUT2D eigenvalue weighted by molar-refractivity contribution is 5.84. The molecule has 1 aromatic rings. The highest BCUT2D eigenvalue weighted by Crippen LogP contribution is 2.13. The number of aromatic nitrogens is 2. The number of nitrogen functional groups attached to an aromatic ring is 1. The van der Waals surface area contributed by atoms with Gasteiger partial charge < -0.3 is 26.4 Å². The largest absolute Gasteiger partial charge is 0.383 e. The maximum Gasteiger partial charge on any atom is 0.242 e. The highest BCUT2D eigenvalue weighted by Gasteiger charge is 2.13. The molecule has 0 fully saturated rings. The van der Waals surface area contributed by atoms with E-state index in [2.05, 4.69) is 32.8 Å². The van der Waals surface area contributed by atoms with Crippen molar-refractivity contribution in [3.05, 3.63) is 6.07 Å². The molecular formula is C13H24N6O2. The summed E-state index contributed by atoms with van der Waals surface area (Å²) >= 11 is 0. The molecule has 0 radical (unpaired) electrons. The van der Waals surface area contributed by atoms with Crippen LogP contribution in [0.2, 0.25) is 0 Å². The molecular weight excluding hydrogens is 272 g/mol. The van der Waals surface area contributed by atoms with Crippen molar-refractivity contribution in [1.29, 1.82) is 0 Å². The Morgan fingerprint density at radius 2 is 2.10 bits per heavy atom. The highest BCUT2D eigenvalue weighted by atomic mass is 16.5. The number of anilines is 3. The van der Waals surface area contributed by atoms with Crippen LogP contribution >= 0.6 is 0 Å². The smallest absolute Gasteiger partial charge is 0.242 e. The molecule has 8 nitrogen and oxygen atoms in total. The number of rotatable bonds is 9. The van der Waals surface area contributed by atoms with Crippen LogP contribution in [0.4, 0.5) is 17.6 Å². The second-order valence-electron chi connectivity index (χ2n) is 4.57. The van der Waals surface area contributed by atoms with Gasteiger partial charge >= 0.3 is 0 Å². The van der Waals surface area contributed by atoms with Crippen LogP contribution in [0.15, 0.2) is 6.07 Å². The summed E-state index contributed by atoms with van der Waals surface area (Å²) in [7, 11) is 1.59. The predicted molar refractivity (Wildman–Crippen MR) is 83.2 cm³/mol. The number of nitrogens with two attached hydrogens (primary N) is 1. The van der Waals surface area contributed by atoms with Crippen LogP contribution in [0.3, 0.4) is 0 Å². The molecule has 0 spiro atoms. The second-order valence-corrected chi connectivity index (χ2v) is 4.57. The quantitative estimate of drug-likeness (QED) is 0.489. The number of amides is 1. The predicted octanol–water partition coefficient (Wildman–Crippen LogP) is 0.444. The van der Waals surface area contributed by atoms with E-state index in [1.165, 1.54) is 0 Å². The van der Waals surface area contributed by atoms with Crippen LogP contribution in [-0.4, -0.2) is 48.7 Å². The number of hydrogen-bond donors (Lipinski definition) is 4. The zero-order valence-corrected chi connectivity index (χ0v) is 12.8. The Kier molecular flexibility index (Phi) is 7.24. The van der Waals surface area contributed by atoms with E-state index in [0.717, 1.165) is 13.0 Å². The van der Waals surface area contributed by atoms with Gasteiger partial charge in [0.25, 0.3) is 0 Å². The molecule has 1 amide bonds. The van der Waals surface area contributed by atoms with Gasteiger partial charge in [0.15, 0.2) is 0 Å². The number of ether oxygens (including phenoxy) is 1. The molecule has 0 aromatic carbocycles. The summed E-state index contributed by atoms with van der Waals surface area (Å²) in [4.78, 5) is 20.0. The van der Waals surface area contributed by atoms with Gasteiger partial charge in [-0.2, -0.15) is 9.97 Å². The lowest BCUT2D eigenvalue weighted by atomic mass is 10.3. The van der Waals surface area contributed by atoms with Crippen molar-refractivity contribution in [1.82, 2.24) is 15.3 Å². The van der Waals surface area contributed by atoms with Crippen LogP contribution < -0.4 is 21.7 Å². The monoisotopic (exact) mass is 296 g/mol. The first-order valence-electron chi connectivity index (χ1n) is 6.98. The van der Waals surface area contributed by atoms with Gasteiger partial charge in [-0.15, -0.1) is 0 Å². The molecule has 1 heterocycles. The lowest BCUT2D eigenvalue weighted by Gasteiger charge is -2.15. The van der Waals surface area contributed by atoms with Crippen molar-refractivity contribution in [3.63, 3.8) is 0 Å². The summed E-state index contributed by atoms with van der Waals surface area (Å²) in [5, 5.41) is 8.88. The Morgan fingerprint density at radius 1 is 1.38 bits per heavy atom. The van der Waals surface area contributed by atoms with Gasteiger partial charge in [0, 0.05) is 26.3 Å². The van der Waals surface area contributed by atoms with Crippen molar-refractivity contribution < 1.29 is 9.53 Å². The lowest BCUT2D eigenvalue weighted by Crippen LogP contribution is -2.39. The third-order valence-electron chi connectivity index (χ3n) is 2.66. The number of carbonyl (C=O) groups is 1. The first-order chi connectivity index (χ1) is 10.1. The van der Waals surface area contributed by atoms with Gasteiger partial charge in [0.05, 0.1) is 6.61 Å². The molecule has 0 saturated heterocycles. The maximum absolute atomic E-state index is 11.8. The fourth-order valence-electron chi connectivity index (χ4n) is 1.60. The zero-order chi connectivity index (χ0) is 15.7. The van der Waals surface area contributed by atoms with Gasteiger partial charge in [-0.05, 0) is 13.3 Å². The normalized spacial score (nSPS) is 11.8. The van der Waals surface area contributed by atoms with Gasteiger partial charge in [-0.25, -0.2) is 0 Å². The first-order valence-corrected chi connectivity index (χ1v) is 6.98. The van der Waals surface area contributed by atoms with Crippen LogP contribution in [0.5, 0.6) is 0 Å². The zero-order valence-electron chi connectivity index (χ0n) is 12.8. The van der Waals surface area contributed by atoms with Gasteiger partial charge in [0.1, 0.15) is 17.7 Å². The third-order valence-corrected chi connectivity index (χ3v) is 2.66.